The molecule has 0 spiro atoms. The third-order valence-electron chi connectivity index (χ3n) is 2.07. The second-order valence-electron chi connectivity index (χ2n) is 3.40. The summed E-state index contributed by atoms with van der Waals surface area (Å²) < 4.78 is 0.728. The number of hydrogen-bond donors (Lipinski definition) is 3. The molecule has 9 heteroatoms. The number of halogens is 2. The fourth-order valence-electron chi connectivity index (χ4n) is 1.22. The molecule has 1 aromatic heterocycles. The quantitative estimate of drug-likeness (QED) is 0.558. The zero-order valence-corrected chi connectivity index (χ0v) is 12.3. The number of hydrogen-bond acceptors (Lipinski definition) is 5. The molecule has 0 saturated carbocycles. The molecule has 0 saturated heterocycles. The van der Waals surface area contributed by atoms with Gasteiger partial charge in [-0.1, -0.05) is 11.6 Å². The SMILES string of the molecule is O=c1[nH]c(=S)[nH]c(O)c1N=Nc1ccc(Br)c(Cl)c1. The Morgan fingerprint density at radius 1 is 1.32 bits per heavy atom. The summed E-state index contributed by atoms with van der Waals surface area (Å²) in [6, 6.07) is 4.90. The van der Waals surface area contributed by atoms with E-state index in [-0.39, 0.29) is 10.5 Å². The molecule has 0 aliphatic carbocycles. The van der Waals surface area contributed by atoms with Gasteiger partial charge in [-0.05, 0) is 46.3 Å². The van der Waals surface area contributed by atoms with Crippen LogP contribution in [0.4, 0.5) is 11.4 Å². The molecule has 0 aliphatic rings. The third kappa shape index (κ3) is 3.28. The van der Waals surface area contributed by atoms with Crippen LogP contribution >= 0.6 is 39.7 Å². The summed E-state index contributed by atoms with van der Waals surface area (Å²) in [5.41, 5.74) is -0.449. The van der Waals surface area contributed by atoms with Gasteiger partial charge in [0.05, 0.1) is 10.7 Å². The molecule has 0 aliphatic heterocycles. The van der Waals surface area contributed by atoms with Crippen LogP contribution in [-0.4, -0.2) is 15.1 Å². The van der Waals surface area contributed by atoms with E-state index in [9.17, 15) is 9.90 Å². The van der Waals surface area contributed by atoms with Gasteiger partial charge in [0, 0.05) is 4.47 Å². The highest BCUT2D eigenvalue weighted by Crippen LogP contribution is 2.28. The van der Waals surface area contributed by atoms with E-state index in [4.69, 9.17) is 11.6 Å². The molecule has 1 aromatic carbocycles. The van der Waals surface area contributed by atoms with Crippen LogP contribution in [0.1, 0.15) is 0 Å². The van der Waals surface area contributed by atoms with Crippen molar-refractivity contribution in [2.75, 3.05) is 0 Å². The molecule has 98 valence electrons. The molecule has 0 amide bonds. The summed E-state index contributed by atoms with van der Waals surface area (Å²) in [4.78, 5) is 16.2. The van der Waals surface area contributed by atoms with Crippen molar-refractivity contribution in [2.24, 2.45) is 10.2 Å². The normalized spacial score (nSPS) is 11.1. The van der Waals surface area contributed by atoms with Crippen molar-refractivity contribution < 1.29 is 5.11 Å². The molecular weight excluding hydrogens is 356 g/mol. The average molecular weight is 362 g/mol. The summed E-state index contributed by atoms with van der Waals surface area (Å²) in [6.07, 6.45) is 0. The monoisotopic (exact) mass is 360 g/mol. The van der Waals surface area contributed by atoms with Crippen molar-refractivity contribution >= 4 is 51.1 Å². The number of azo groups is 1. The minimum absolute atomic E-state index is 0.00753. The Labute approximate surface area is 125 Å². The maximum absolute atomic E-state index is 11.5. The first-order chi connectivity index (χ1) is 8.97. The number of nitrogens with zero attached hydrogens (tertiary/aromatic N) is 2. The van der Waals surface area contributed by atoms with Crippen molar-refractivity contribution in [3.8, 4) is 5.88 Å². The lowest BCUT2D eigenvalue weighted by molar-refractivity contribution is 0.451. The second-order valence-corrected chi connectivity index (χ2v) is 5.07. The van der Waals surface area contributed by atoms with Crippen LogP contribution in [0.2, 0.25) is 5.02 Å². The number of rotatable bonds is 2. The summed E-state index contributed by atoms with van der Waals surface area (Å²) in [5.74, 6) is -0.444. The first-order valence-electron chi connectivity index (χ1n) is 4.90. The maximum atomic E-state index is 11.5. The van der Waals surface area contributed by atoms with Gasteiger partial charge < -0.3 is 10.1 Å². The Morgan fingerprint density at radius 2 is 2.05 bits per heavy atom. The fraction of sp³-hybridized carbons (Fsp3) is 0. The van der Waals surface area contributed by atoms with Crippen LogP contribution in [-0.2, 0) is 0 Å². The molecule has 0 atom stereocenters. The van der Waals surface area contributed by atoms with Crippen molar-refractivity contribution in [2.45, 2.75) is 0 Å². The Morgan fingerprint density at radius 3 is 2.68 bits per heavy atom. The molecule has 0 bridgehead atoms. The number of aromatic amines is 2. The Hall–Kier alpha value is -1.51. The van der Waals surface area contributed by atoms with Crippen LogP contribution in [0.15, 0.2) is 37.7 Å². The Kier molecular flexibility index (Phi) is 4.13. The van der Waals surface area contributed by atoms with E-state index in [1.54, 1.807) is 18.2 Å². The van der Waals surface area contributed by atoms with Gasteiger partial charge in [0.15, 0.2) is 4.77 Å². The van der Waals surface area contributed by atoms with Gasteiger partial charge in [-0.2, -0.15) is 5.11 Å². The summed E-state index contributed by atoms with van der Waals surface area (Å²) in [7, 11) is 0. The lowest BCUT2D eigenvalue weighted by atomic mass is 10.3. The fourth-order valence-corrected chi connectivity index (χ4v) is 1.83. The average Bonchev–Trinajstić information content (AvgIpc) is 2.32. The van der Waals surface area contributed by atoms with Crippen LogP contribution in [0, 0.1) is 4.77 Å². The zero-order chi connectivity index (χ0) is 14.0. The molecule has 2 rings (SSSR count). The molecule has 19 heavy (non-hydrogen) atoms. The standard InChI is InChI=1S/C10H6BrClN4O2S/c11-5-2-1-4(3-6(5)12)15-16-7-8(17)13-10(19)14-9(7)18/h1-3H,(H3,13,14,17,18,19). The molecule has 0 fully saturated rings. The molecule has 0 unspecified atom stereocenters. The van der Waals surface area contributed by atoms with Crippen LogP contribution in [0.5, 0.6) is 5.88 Å². The van der Waals surface area contributed by atoms with Crippen molar-refractivity contribution in [3.05, 3.63) is 42.8 Å². The van der Waals surface area contributed by atoms with E-state index in [0.717, 1.165) is 4.47 Å². The smallest absolute Gasteiger partial charge is 0.283 e. The lowest BCUT2D eigenvalue weighted by Crippen LogP contribution is -2.06. The van der Waals surface area contributed by atoms with Crippen LogP contribution in [0.3, 0.4) is 0 Å². The predicted molar refractivity (Wildman–Crippen MR) is 77.2 cm³/mol. The van der Waals surface area contributed by atoms with E-state index in [2.05, 4.69) is 48.3 Å². The van der Waals surface area contributed by atoms with Gasteiger partial charge in [-0.3, -0.25) is 9.78 Å². The van der Waals surface area contributed by atoms with E-state index >= 15 is 0 Å². The largest absolute Gasteiger partial charge is 0.493 e. The first-order valence-corrected chi connectivity index (χ1v) is 6.47. The number of aromatic nitrogens is 2. The van der Waals surface area contributed by atoms with E-state index in [1.165, 1.54) is 0 Å². The van der Waals surface area contributed by atoms with E-state index in [0.29, 0.717) is 10.7 Å². The van der Waals surface area contributed by atoms with Gasteiger partial charge in [-0.25, -0.2) is 0 Å². The minimum atomic E-state index is -0.631. The molecule has 2 aromatic rings. The van der Waals surface area contributed by atoms with Gasteiger partial charge in [0.1, 0.15) is 0 Å². The Bertz CT molecular complexity index is 771. The predicted octanol–water partition coefficient (Wildman–Crippen LogP) is 3.97. The van der Waals surface area contributed by atoms with Gasteiger partial charge in [0.2, 0.25) is 11.6 Å². The maximum Gasteiger partial charge on any atom is 0.283 e. The number of aromatic hydroxyl groups is 1. The van der Waals surface area contributed by atoms with Crippen LogP contribution in [0.25, 0.3) is 0 Å². The summed E-state index contributed by atoms with van der Waals surface area (Å²) >= 11 is 13.8. The highest BCUT2D eigenvalue weighted by atomic mass is 79.9. The molecule has 1 heterocycles. The first kappa shape index (κ1) is 13.9. The molecule has 0 radical (unpaired) electrons. The highest BCUT2D eigenvalue weighted by molar-refractivity contribution is 9.10. The third-order valence-corrected chi connectivity index (χ3v) is 3.50. The number of benzene rings is 1. The van der Waals surface area contributed by atoms with Crippen LogP contribution < -0.4 is 5.56 Å². The summed E-state index contributed by atoms with van der Waals surface area (Å²) in [6.45, 7) is 0. The molecule has 3 N–H and O–H groups in total. The van der Waals surface area contributed by atoms with E-state index < -0.39 is 11.4 Å². The van der Waals surface area contributed by atoms with Gasteiger partial charge in [0.25, 0.3) is 5.56 Å². The Balaban J connectivity index is 2.40. The summed E-state index contributed by atoms with van der Waals surface area (Å²) in [5, 5.41) is 17.5. The van der Waals surface area contributed by atoms with Crippen molar-refractivity contribution in [1.29, 1.82) is 0 Å². The van der Waals surface area contributed by atoms with Crippen molar-refractivity contribution in [3.63, 3.8) is 0 Å². The van der Waals surface area contributed by atoms with Gasteiger partial charge in [-0.15, -0.1) is 5.11 Å². The number of nitrogens with one attached hydrogen (secondary N) is 2. The highest BCUT2D eigenvalue weighted by Gasteiger charge is 2.06. The van der Waals surface area contributed by atoms with Gasteiger partial charge >= 0.3 is 0 Å². The second kappa shape index (κ2) is 5.64. The number of H-pyrrole nitrogens is 2. The van der Waals surface area contributed by atoms with Crippen molar-refractivity contribution in [1.82, 2.24) is 9.97 Å². The lowest BCUT2D eigenvalue weighted by Gasteiger charge is -1.98. The zero-order valence-electron chi connectivity index (χ0n) is 9.15. The molecule has 6 nitrogen and oxygen atoms in total. The van der Waals surface area contributed by atoms with E-state index in [1.807, 2.05) is 0 Å². The minimum Gasteiger partial charge on any atom is -0.493 e. The topological polar surface area (TPSA) is 93.6 Å². The molecular formula is C10H6BrClN4O2S.